The van der Waals surface area contributed by atoms with E-state index in [1.807, 2.05) is 38.1 Å². The van der Waals surface area contributed by atoms with E-state index in [9.17, 15) is 19.5 Å². The molecule has 0 radical (unpaired) electrons. The van der Waals surface area contributed by atoms with Gasteiger partial charge in [0.15, 0.2) is 0 Å². The van der Waals surface area contributed by atoms with Crippen molar-refractivity contribution in [2.45, 2.75) is 69.5 Å². The Kier molecular flexibility index (Phi) is 7.90. The van der Waals surface area contributed by atoms with Crippen LogP contribution < -0.4 is 10.2 Å². The first kappa shape index (κ1) is 26.8. The Morgan fingerprint density at radius 2 is 1.89 bits per heavy atom. The zero-order valence-corrected chi connectivity index (χ0v) is 22.7. The van der Waals surface area contributed by atoms with Gasteiger partial charge < -0.3 is 25.0 Å². The Balaban J connectivity index is 1.68. The van der Waals surface area contributed by atoms with Crippen LogP contribution >= 0.6 is 11.8 Å². The largest absolute Gasteiger partial charge is 0.466 e. The Hall–Kier alpha value is -2.26. The highest BCUT2D eigenvalue weighted by Gasteiger charge is 2.74. The molecule has 0 saturated carbocycles. The molecule has 3 fully saturated rings. The van der Waals surface area contributed by atoms with Crippen LogP contribution in [0.3, 0.4) is 0 Å². The molecule has 3 heterocycles. The summed E-state index contributed by atoms with van der Waals surface area (Å²) in [5, 5.41) is 13.3. The second-order valence-corrected chi connectivity index (χ2v) is 11.9. The van der Waals surface area contributed by atoms with Gasteiger partial charge in [-0.05, 0) is 63.8 Å². The van der Waals surface area contributed by atoms with Crippen molar-refractivity contribution in [2.75, 3.05) is 36.5 Å². The molecular weight excluding hydrogens is 478 g/mol. The Labute approximate surface area is 218 Å². The summed E-state index contributed by atoms with van der Waals surface area (Å²) in [6, 6.07) is 6.45. The monoisotopic (exact) mass is 517 g/mol. The van der Waals surface area contributed by atoms with E-state index in [2.05, 4.69) is 24.1 Å². The zero-order chi connectivity index (χ0) is 26.2. The molecule has 3 aliphatic heterocycles. The first-order valence-corrected chi connectivity index (χ1v) is 14.0. The number of nitrogens with zero attached hydrogens (tertiary/aromatic N) is 2. The van der Waals surface area contributed by atoms with E-state index >= 15 is 0 Å². The minimum absolute atomic E-state index is 0.0320. The highest BCUT2D eigenvalue weighted by Crippen LogP contribution is 2.67. The van der Waals surface area contributed by atoms with E-state index in [0.717, 1.165) is 25.2 Å². The topological polar surface area (TPSA) is 99.2 Å². The van der Waals surface area contributed by atoms with Crippen LogP contribution in [0.5, 0.6) is 0 Å². The Bertz CT molecular complexity index is 982. The summed E-state index contributed by atoms with van der Waals surface area (Å²) in [4.78, 5) is 44.7. The fraction of sp³-hybridized carbons (Fsp3) is 0.667. The lowest BCUT2D eigenvalue weighted by Gasteiger charge is -2.38. The summed E-state index contributed by atoms with van der Waals surface area (Å²) in [5.74, 6) is -2.06. The first-order chi connectivity index (χ1) is 17.2. The Morgan fingerprint density at radius 3 is 2.44 bits per heavy atom. The van der Waals surface area contributed by atoms with Crippen molar-refractivity contribution in [1.82, 2.24) is 4.90 Å². The number of aliphatic hydroxyl groups is 1. The first-order valence-electron chi connectivity index (χ1n) is 13.2. The molecule has 2 bridgehead atoms. The van der Waals surface area contributed by atoms with Gasteiger partial charge in [0.1, 0.15) is 6.04 Å². The van der Waals surface area contributed by atoms with E-state index in [4.69, 9.17) is 4.74 Å². The molecule has 3 saturated heterocycles. The Morgan fingerprint density at radius 1 is 1.22 bits per heavy atom. The van der Waals surface area contributed by atoms with Crippen LogP contribution in [0.15, 0.2) is 24.3 Å². The molecule has 36 heavy (non-hydrogen) atoms. The molecule has 0 aromatic heterocycles. The predicted octanol–water partition coefficient (Wildman–Crippen LogP) is 3.14. The zero-order valence-electron chi connectivity index (χ0n) is 21.9. The molecule has 4 rings (SSSR count). The van der Waals surface area contributed by atoms with Gasteiger partial charge in [0.05, 0.1) is 35.8 Å². The van der Waals surface area contributed by atoms with Crippen LogP contribution in [0.4, 0.5) is 11.4 Å². The number of anilines is 2. The van der Waals surface area contributed by atoms with Crippen molar-refractivity contribution >= 4 is 40.9 Å². The number of hydrogen-bond donors (Lipinski definition) is 2. The van der Waals surface area contributed by atoms with Crippen molar-refractivity contribution < 1.29 is 24.2 Å². The van der Waals surface area contributed by atoms with Crippen molar-refractivity contribution in [3.63, 3.8) is 0 Å². The number of thioether (sulfide) groups is 1. The van der Waals surface area contributed by atoms with Gasteiger partial charge in [-0.3, -0.25) is 14.4 Å². The third kappa shape index (κ3) is 4.28. The van der Waals surface area contributed by atoms with Gasteiger partial charge in [0.2, 0.25) is 11.8 Å². The minimum Gasteiger partial charge on any atom is -0.466 e. The minimum atomic E-state index is -0.772. The molecule has 0 aliphatic carbocycles. The number of rotatable bonds is 10. The number of fused-ring (bicyclic) bond motifs is 1. The second-order valence-electron chi connectivity index (χ2n) is 10.3. The van der Waals surface area contributed by atoms with Crippen LogP contribution in [-0.2, 0) is 19.1 Å². The van der Waals surface area contributed by atoms with E-state index in [-0.39, 0.29) is 42.2 Å². The average Bonchev–Trinajstić information content (AvgIpc) is 3.49. The number of nitrogens with one attached hydrogen (secondary N) is 1. The number of ether oxygens (including phenoxy) is 1. The standard InChI is InChI=1S/C27H39N3O5S/c1-6-29(7-2)18-11-9-17(10-12-18)28-24(32)23-27-14-13-20(36-27)21(26(34)35-8-3)22(27)25(33)30(23)19(15-31)16(4)5/h9-12,16,19-23,31H,6-8,13-15H2,1-5H3,(H,28,32)/t19-,20+,21-,22-,23?,27?/m0/s1. The van der Waals surface area contributed by atoms with Gasteiger partial charge in [-0.1, -0.05) is 13.8 Å². The van der Waals surface area contributed by atoms with Crippen molar-refractivity contribution in [2.24, 2.45) is 17.8 Å². The van der Waals surface area contributed by atoms with Gasteiger partial charge in [-0.25, -0.2) is 0 Å². The predicted molar refractivity (Wildman–Crippen MR) is 142 cm³/mol. The number of hydrogen-bond acceptors (Lipinski definition) is 7. The molecule has 1 spiro atoms. The lowest BCUT2D eigenvalue weighted by atomic mass is 9.71. The molecule has 198 valence electrons. The van der Waals surface area contributed by atoms with Gasteiger partial charge in [-0.15, -0.1) is 11.8 Å². The maximum absolute atomic E-state index is 14.0. The fourth-order valence-electron chi connectivity index (χ4n) is 6.43. The van der Waals surface area contributed by atoms with E-state index in [0.29, 0.717) is 12.1 Å². The van der Waals surface area contributed by atoms with Crippen LogP contribution in [0.1, 0.15) is 47.5 Å². The molecular formula is C27H39N3O5S. The second kappa shape index (κ2) is 10.6. The summed E-state index contributed by atoms with van der Waals surface area (Å²) >= 11 is 1.61. The number of likely N-dealkylation sites (tertiary alicyclic amines) is 1. The summed E-state index contributed by atoms with van der Waals surface area (Å²) in [6.45, 7) is 11.6. The maximum Gasteiger partial charge on any atom is 0.310 e. The molecule has 9 heteroatoms. The van der Waals surface area contributed by atoms with Gasteiger partial charge in [-0.2, -0.15) is 0 Å². The number of esters is 1. The fourth-order valence-corrected chi connectivity index (χ4v) is 8.62. The summed E-state index contributed by atoms with van der Waals surface area (Å²) in [5.41, 5.74) is 1.74. The van der Waals surface area contributed by atoms with Crippen LogP contribution in [0.25, 0.3) is 0 Å². The van der Waals surface area contributed by atoms with Gasteiger partial charge >= 0.3 is 5.97 Å². The van der Waals surface area contributed by atoms with Gasteiger partial charge in [0, 0.05) is 29.7 Å². The number of carbonyl (C=O) groups is 3. The third-order valence-corrected chi connectivity index (χ3v) is 10.1. The SMILES string of the molecule is CCOC(=O)[C@@H]1[C@H]2C(=O)N([C@@H](CO)C(C)C)C(C(=O)Nc3ccc(N(CC)CC)cc3)C23CC[C@H]1S3. The quantitative estimate of drug-likeness (QED) is 0.460. The third-order valence-electron chi connectivity index (χ3n) is 8.12. The average molecular weight is 518 g/mol. The molecule has 2 N–H and O–H groups in total. The summed E-state index contributed by atoms with van der Waals surface area (Å²) < 4.78 is 4.66. The highest BCUT2D eigenvalue weighted by molar-refractivity contribution is 8.02. The lowest BCUT2D eigenvalue weighted by Crippen LogP contribution is -2.56. The normalized spacial score (nSPS) is 29.4. The van der Waals surface area contributed by atoms with Crippen LogP contribution in [0.2, 0.25) is 0 Å². The van der Waals surface area contributed by atoms with Crippen molar-refractivity contribution in [3.8, 4) is 0 Å². The molecule has 1 aromatic carbocycles. The molecule has 2 amide bonds. The number of carbonyl (C=O) groups excluding carboxylic acids is 3. The summed E-state index contributed by atoms with van der Waals surface area (Å²) in [7, 11) is 0. The van der Waals surface area contributed by atoms with E-state index in [1.54, 1.807) is 23.6 Å². The smallest absolute Gasteiger partial charge is 0.310 e. The van der Waals surface area contributed by atoms with Crippen LogP contribution in [-0.4, -0.2) is 76.2 Å². The molecule has 6 atom stereocenters. The lowest BCUT2D eigenvalue weighted by molar-refractivity contribution is -0.154. The maximum atomic E-state index is 14.0. The summed E-state index contributed by atoms with van der Waals surface area (Å²) in [6.07, 6.45) is 1.44. The number of benzene rings is 1. The molecule has 2 unspecified atom stereocenters. The molecule has 8 nitrogen and oxygen atoms in total. The highest BCUT2D eigenvalue weighted by atomic mass is 32.2. The van der Waals surface area contributed by atoms with Crippen molar-refractivity contribution in [1.29, 1.82) is 0 Å². The van der Waals surface area contributed by atoms with Gasteiger partial charge in [0.25, 0.3) is 0 Å². The number of aliphatic hydroxyl groups excluding tert-OH is 1. The van der Waals surface area contributed by atoms with E-state index < -0.39 is 28.7 Å². The number of amides is 2. The van der Waals surface area contributed by atoms with Crippen molar-refractivity contribution in [3.05, 3.63) is 24.3 Å². The van der Waals surface area contributed by atoms with Crippen LogP contribution in [0, 0.1) is 17.8 Å². The molecule has 3 aliphatic rings. The van der Waals surface area contributed by atoms with E-state index in [1.165, 1.54) is 0 Å². The molecule has 1 aromatic rings.